The van der Waals surface area contributed by atoms with Gasteiger partial charge < -0.3 is 10.6 Å². The molecule has 0 aliphatic carbocycles. The Labute approximate surface area is 70.5 Å². The van der Waals surface area contributed by atoms with Crippen LogP contribution in [-0.4, -0.2) is 24.5 Å². The van der Waals surface area contributed by atoms with Crippen molar-refractivity contribution in [2.45, 2.75) is 32.7 Å². The molecular weight excluding hydrogens is 166 g/mol. The van der Waals surface area contributed by atoms with Gasteiger partial charge >= 0.3 is 6.03 Å². The van der Waals surface area contributed by atoms with Crippen molar-refractivity contribution in [3.63, 3.8) is 0 Å². The lowest BCUT2D eigenvalue weighted by Gasteiger charge is -2.20. The number of hydrogen-bond donors (Lipinski definition) is 2. The fourth-order valence-corrected chi connectivity index (χ4v) is 0.555. The number of nitrogens with one attached hydrogen (secondary N) is 2. The molecule has 3 nitrogen and oxygen atoms in total. The largest absolute Gasteiger partial charge is 0.334 e. The maximum absolute atomic E-state index is 11.6. The third kappa shape index (κ3) is 7.24. The van der Waals surface area contributed by atoms with Crippen molar-refractivity contribution < 1.29 is 13.6 Å². The zero-order chi connectivity index (χ0) is 9.78. The Kier molecular flexibility index (Phi) is 3.92. The maximum Gasteiger partial charge on any atom is 0.315 e. The van der Waals surface area contributed by atoms with Crippen molar-refractivity contribution in [1.29, 1.82) is 0 Å². The summed E-state index contributed by atoms with van der Waals surface area (Å²) in [6.45, 7) is 4.71. The van der Waals surface area contributed by atoms with Gasteiger partial charge in [-0.05, 0) is 20.8 Å². The van der Waals surface area contributed by atoms with E-state index in [9.17, 15) is 13.6 Å². The molecule has 0 rings (SSSR count). The minimum atomic E-state index is -2.50. The van der Waals surface area contributed by atoms with E-state index in [2.05, 4.69) is 5.32 Å². The van der Waals surface area contributed by atoms with Gasteiger partial charge in [0, 0.05) is 5.54 Å². The fourth-order valence-electron chi connectivity index (χ4n) is 0.555. The minimum Gasteiger partial charge on any atom is -0.334 e. The first-order valence-corrected chi connectivity index (χ1v) is 3.65. The van der Waals surface area contributed by atoms with Crippen LogP contribution in [0.25, 0.3) is 0 Å². The van der Waals surface area contributed by atoms with Gasteiger partial charge in [0.15, 0.2) is 0 Å². The fraction of sp³-hybridized carbons (Fsp3) is 0.857. The molecule has 12 heavy (non-hydrogen) atoms. The van der Waals surface area contributed by atoms with Crippen LogP contribution in [0.2, 0.25) is 0 Å². The summed E-state index contributed by atoms with van der Waals surface area (Å²) in [5.41, 5.74) is -0.397. The third-order valence-corrected chi connectivity index (χ3v) is 0.905. The van der Waals surface area contributed by atoms with Crippen molar-refractivity contribution in [3.05, 3.63) is 0 Å². The zero-order valence-electron chi connectivity index (χ0n) is 7.45. The standard InChI is InChI=1S/C7H14F2N2O/c1-7(2,3)11-6(12)10-4-5(8)9/h5H,4H2,1-3H3,(H2,10,11,12). The summed E-state index contributed by atoms with van der Waals surface area (Å²) in [7, 11) is 0. The van der Waals surface area contributed by atoms with E-state index < -0.39 is 24.5 Å². The molecule has 0 fully saturated rings. The van der Waals surface area contributed by atoms with Crippen molar-refractivity contribution in [2.24, 2.45) is 0 Å². The maximum atomic E-state index is 11.6. The molecule has 0 aromatic heterocycles. The van der Waals surface area contributed by atoms with Gasteiger partial charge in [-0.25, -0.2) is 13.6 Å². The summed E-state index contributed by atoms with van der Waals surface area (Å²) in [6.07, 6.45) is -2.50. The number of carbonyl (C=O) groups excluding carboxylic acids is 1. The SMILES string of the molecule is CC(C)(C)NC(=O)NCC(F)F. The first-order valence-electron chi connectivity index (χ1n) is 3.65. The van der Waals surface area contributed by atoms with E-state index in [1.165, 1.54) is 0 Å². The normalized spacial score (nSPS) is 11.5. The van der Waals surface area contributed by atoms with Crippen molar-refractivity contribution in [2.75, 3.05) is 6.54 Å². The summed E-state index contributed by atoms with van der Waals surface area (Å²) in [4.78, 5) is 10.8. The summed E-state index contributed by atoms with van der Waals surface area (Å²) < 4.78 is 23.2. The molecule has 0 saturated heterocycles. The van der Waals surface area contributed by atoms with Crippen molar-refractivity contribution in [3.8, 4) is 0 Å². The number of amides is 2. The van der Waals surface area contributed by atoms with Crippen LogP contribution >= 0.6 is 0 Å². The predicted molar refractivity (Wildman–Crippen MR) is 42.3 cm³/mol. The molecule has 5 heteroatoms. The van der Waals surface area contributed by atoms with Crippen LogP contribution in [0.4, 0.5) is 13.6 Å². The molecule has 0 saturated carbocycles. The van der Waals surface area contributed by atoms with Crippen molar-refractivity contribution >= 4 is 6.03 Å². The van der Waals surface area contributed by atoms with Crippen LogP contribution in [0.15, 0.2) is 0 Å². The molecule has 0 unspecified atom stereocenters. The molecule has 0 bridgehead atoms. The molecule has 0 aromatic carbocycles. The van der Waals surface area contributed by atoms with Crippen LogP contribution in [-0.2, 0) is 0 Å². The molecule has 0 aromatic rings. The quantitative estimate of drug-likeness (QED) is 0.661. The Bertz CT molecular complexity index is 154. The van der Waals surface area contributed by atoms with E-state index in [-0.39, 0.29) is 0 Å². The molecule has 0 aliphatic rings. The van der Waals surface area contributed by atoms with Gasteiger partial charge in [0.1, 0.15) is 0 Å². The Morgan fingerprint density at radius 1 is 1.42 bits per heavy atom. The van der Waals surface area contributed by atoms with Crippen LogP contribution in [0.1, 0.15) is 20.8 Å². The Balaban J connectivity index is 3.61. The van der Waals surface area contributed by atoms with Gasteiger partial charge in [-0.3, -0.25) is 0 Å². The van der Waals surface area contributed by atoms with Crippen LogP contribution in [0, 0.1) is 0 Å². The van der Waals surface area contributed by atoms with Crippen LogP contribution in [0.5, 0.6) is 0 Å². The highest BCUT2D eigenvalue weighted by atomic mass is 19.3. The molecule has 2 N–H and O–H groups in total. The van der Waals surface area contributed by atoms with E-state index in [4.69, 9.17) is 0 Å². The summed E-state index contributed by atoms with van der Waals surface area (Å²) in [5, 5.41) is 4.53. The van der Waals surface area contributed by atoms with E-state index in [0.29, 0.717) is 0 Å². The lowest BCUT2D eigenvalue weighted by Crippen LogP contribution is -2.47. The monoisotopic (exact) mass is 180 g/mol. The minimum absolute atomic E-state index is 0.397. The zero-order valence-corrected chi connectivity index (χ0v) is 7.45. The van der Waals surface area contributed by atoms with Gasteiger partial charge in [-0.2, -0.15) is 0 Å². The molecule has 2 amide bonds. The average Bonchev–Trinajstić information content (AvgIpc) is 1.79. The van der Waals surface area contributed by atoms with Gasteiger partial charge in [-0.1, -0.05) is 0 Å². The highest BCUT2D eigenvalue weighted by Crippen LogP contribution is 1.97. The van der Waals surface area contributed by atoms with Gasteiger partial charge in [-0.15, -0.1) is 0 Å². The molecule has 0 spiro atoms. The van der Waals surface area contributed by atoms with E-state index in [0.717, 1.165) is 0 Å². The smallest absolute Gasteiger partial charge is 0.315 e. The first-order chi connectivity index (χ1) is 5.31. The lowest BCUT2D eigenvalue weighted by atomic mass is 10.1. The number of urea groups is 1. The van der Waals surface area contributed by atoms with E-state index in [1.807, 2.05) is 5.32 Å². The van der Waals surface area contributed by atoms with Gasteiger partial charge in [0.2, 0.25) is 0 Å². The molecule has 0 heterocycles. The van der Waals surface area contributed by atoms with Gasteiger partial charge in [0.05, 0.1) is 6.54 Å². The molecular formula is C7H14F2N2O. The Hall–Kier alpha value is -0.870. The molecule has 0 atom stereocenters. The highest BCUT2D eigenvalue weighted by molar-refractivity contribution is 5.74. The molecule has 72 valence electrons. The van der Waals surface area contributed by atoms with Crippen molar-refractivity contribution in [1.82, 2.24) is 10.6 Å². The number of hydrogen-bond acceptors (Lipinski definition) is 1. The summed E-state index contributed by atoms with van der Waals surface area (Å²) in [6, 6.07) is -0.567. The third-order valence-electron chi connectivity index (χ3n) is 0.905. The number of carbonyl (C=O) groups is 1. The number of rotatable bonds is 2. The predicted octanol–water partition coefficient (Wildman–Crippen LogP) is 1.35. The van der Waals surface area contributed by atoms with Crippen LogP contribution < -0.4 is 10.6 Å². The van der Waals surface area contributed by atoms with Crippen LogP contribution in [0.3, 0.4) is 0 Å². The first kappa shape index (κ1) is 11.1. The number of alkyl halides is 2. The number of halogens is 2. The Morgan fingerprint density at radius 2 is 1.92 bits per heavy atom. The Morgan fingerprint density at radius 3 is 2.25 bits per heavy atom. The second-order valence-corrected chi connectivity index (χ2v) is 3.48. The summed E-state index contributed by atoms with van der Waals surface area (Å²) in [5.74, 6) is 0. The average molecular weight is 180 g/mol. The molecule has 0 aliphatic heterocycles. The second kappa shape index (κ2) is 4.23. The second-order valence-electron chi connectivity index (χ2n) is 3.48. The van der Waals surface area contributed by atoms with E-state index in [1.54, 1.807) is 20.8 Å². The van der Waals surface area contributed by atoms with E-state index >= 15 is 0 Å². The van der Waals surface area contributed by atoms with Gasteiger partial charge in [0.25, 0.3) is 6.43 Å². The topological polar surface area (TPSA) is 41.1 Å². The molecule has 0 radical (unpaired) electrons. The summed E-state index contributed by atoms with van der Waals surface area (Å²) >= 11 is 0. The highest BCUT2D eigenvalue weighted by Gasteiger charge is 2.13. The lowest BCUT2D eigenvalue weighted by molar-refractivity contribution is 0.145.